The molecule has 0 aliphatic carbocycles. The second-order valence-corrected chi connectivity index (χ2v) is 3.96. The van der Waals surface area contributed by atoms with E-state index in [0.717, 1.165) is 13.0 Å². The summed E-state index contributed by atoms with van der Waals surface area (Å²) in [4.78, 5) is 13.3. The van der Waals surface area contributed by atoms with E-state index in [2.05, 4.69) is 0 Å². The van der Waals surface area contributed by atoms with Crippen LogP contribution < -0.4 is 4.90 Å². The van der Waals surface area contributed by atoms with Crippen LogP contribution in [-0.4, -0.2) is 33.1 Å². The van der Waals surface area contributed by atoms with Crippen molar-refractivity contribution in [1.29, 1.82) is 0 Å². The van der Waals surface area contributed by atoms with Crippen LogP contribution in [0.15, 0.2) is 18.2 Å². The summed E-state index contributed by atoms with van der Waals surface area (Å²) in [5.74, 6) is -0.717. The van der Waals surface area contributed by atoms with Crippen LogP contribution in [0.5, 0.6) is 0 Å². The molecule has 17 heavy (non-hydrogen) atoms. The van der Waals surface area contributed by atoms with E-state index in [0.29, 0.717) is 12.3 Å². The van der Waals surface area contributed by atoms with Crippen molar-refractivity contribution < 1.29 is 13.9 Å². The number of halogens is 1. The monoisotopic (exact) mass is 239 g/mol. The lowest BCUT2D eigenvalue weighted by atomic mass is 10.1. The molecule has 3 nitrogen and oxygen atoms in total. The predicted octanol–water partition coefficient (Wildman–Crippen LogP) is 2.50. The zero-order chi connectivity index (χ0) is 12.8. The van der Waals surface area contributed by atoms with E-state index in [1.807, 2.05) is 11.9 Å². The summed E-state index contributed by atoms with van der Waals surface area (Å²) < 4.78 is 18.5. The summed E-state index contributed by atoms with van der Waals surface area (Å²) in [6.07, 6.45) is 0.834. The molecule has 0 spiro atoms. The molecule has 0 bridgehead atoms. The van der Waals surface area contributed by atoms with E-state index in [9.17, 15) is 9.18 Å². The molecule has 0 unspecified atom stereocenters. The highest BCUT2D eigenvalue weighted by Crippen LogP contribution is 2.22. The average molecular weight is 239 g/mol. The van der Waals surface area contributed by atoms with Crippen molar-refractivity contribution in [3.63, 3.8) is 0 Å². The van der Waals surface area contributed by atoms with Gasteiger partial charge in [-0.25, -0.2) is 4.39 Å². The van der Waals surface area contributed by atoms with Gasteiger partial charge in [0, 0.05) is 27.3 Å². The third-order valence-corrected chi connectivity index (χ3v) is 2.60. The van der Waals surface area contributed by atoms with Crippen molar-refractivity contribution >= 4 is 11.5 Å². The zero-order valence-electron chi connectivity index (χ0n) is 10.5. The van der Waals surface area contributed by atoms with Crippen molar-refractivity contribution in [2.24, 2.45) is 0 Å². The Labute approximate surface area is 101 Å². The smallest absolute Gasteiger partial charge is 0.164 e. The predicted molar refractivity (Wildman–Crippen MR) is 66.2 cm³/mol. The first-order valence-electron chi connectivity index (χ1n) is 5.57. The molecule has 0 fully saturated rings. The van der Waals surface area contributed by atoms with Gasteiger partial charge < -0.3 is 9.64 Å². The normalized spacial score (nSPS) is 10.4. The minimum atomic E-state index is -0.464. The number of benzene rings is 1. The molecule has 0 aliphatic heterocycles. The topological polar surface area (TPSA) is 29.5 Å². The maximum Gasteiger partial charge on any atom is 0.164 e. The standard InChI is InChI=1S/C13H18FNO2/c1-10(16)13-11(14)6-4-7-12(13)15(2)8-5-9-17-3/h4,6-7H,5,8-9H2,1-3H3. The van der Waals surface area contributed by atoms with Gasteiger partial charge >= 0.3 is 0 Å². The minimum Gasteiger partial charge on any atom is -0.385 e. The number of carbonyl (C=O) groups is 1. The van der Waals surface area contributed by atoms with Crippen LogP contribution in [0.3, 0.4) is 0 Å². The summed E-state index contributed by atoms with van der Waals surface area (Å²) >= 11 is 0. The third kappa shape index (κ3) is 3.53. The number of ether oxygens (including phenoxy) is 1. The van der Waals surface area contributed by atoms with E-state index >= 15 is 0 Å². The highest BCUT2D eigenvalue weighted by atomic mass is 19.1. The Kier molecular flexibility index (Phi) is 5.10. The molecule has 4 heteroatoms. The van der Waals surface area contributed by atoms with E-state index in [1.54, 1.807) is 19.2 Å². The highest BCUT2D eigenvalue weighted by Gasteiger charge is 2.15. The first-order valence-corrected chi connectivity index (χ1v) is 5.57. The number of rotatable bonds is 6. The zero-order valence-corrected chi connectivity index (χ0v) is 10.5. The van der Waals surface area contributed by atoms with Gasteiger partial charge in [-0.15, -0.1) is 0 Å². The molecule has 1 rings (SSSR count). The molecule has 0 atom stereocenters. The number of ketones is 1. The molecule has 94 valence electrons. The summed E-state index contributed by atoms with van der Waals surface area (Å²) in [6.45, 7) is 2.75. The van der Waals surface area contributed by atoms with E-state index in [1.165, 1.54) is 13.0 Å². The molecule has 1 aromatic rings. The van der Waals surface area contributed by atoms with Crippen LogP contribution in [0.1, 0.15) is 23.7 Å². The number of carbonyl (C=O) groups excluding carboxylic acids is 1. The van der Waals surface area contributed by atoms with Gasteiger partial charge in [0.1, 0.15) is 5.82 Å². The molecular weight excluding hydrogens is 221 g/mol. The Morgan fingerprint density at radius 3 is 2.76 bits per heavy atom. The van der Waals surface area contributed by atoms with Crippen LogP contribution in [0, 0.1) is 5.82 Å². The number of nitrogens with zero attached hydrogens (tertiary/aromatic N) is 1. The molecule has 0 amide bonds. The van der Waals surface area contributed by atoms with Crippen LogP contribution in [-0.2, 0) is 4.74 Å². The van der Waals surface area contributed by atoms with Crippen molar-refractivity contribution in [2.45, 2.75) is 13.3 Å². The SMILES string of the molecule is COCCCN(C)c1cccc(F)c1C(C)=O. The Bertz CT molecular complexity index is 393. The minimum absolute atomic E-state index is 0.160. The van der Waals surface area contributed by atoms with E-state index in [-0.39, 0.29) is 11.3 Å². The second kappa shape index (κ2) is 6.35. The Hall–Kier alpha value is -1.42. The Morgan fingerprint density at radius 1 is 1.47 bits per heavy atom. The van der Waals surface area contributed by atoms with Gasteiger partial charge in [-0.05, 0) is 25.5 Å². The van der Waals surface area contributed by atoms with Gasteiger partial charge in [0.05, 0.1) is 11.3 Å². The Balaban J connectivity index is 2.89. The van der Waals surface area contributed by atoms with Crippen molar-refractivity contribution in [3.8, 4) is 0 Å². The maximum absolute atomic E-state index is 13.6. The van der Waals surface area contributed by atoms with Gasteiger partial charge in [0.25, 0.3) is 0 Å². The summed E-state index contributed by atoms with van der Waals surface area (Å²) in [7, 11) is 3.49. The molecule has 0 saturated heterocycles. The summed E-state index contributed by atoms with van der Waals surface area (Å²) in [6, 6.07) is 4.68. The molecule has 0 radical (unpaired) electrons. The second-order valence-electron chi connectivity index (χ2n) is 3.96. The maximum atomic E-state index is 13.6. The lowest BCUT2D eigenvalue weighted by Gasteiger charge is -2.21. The third-order valence-electron chi connectivity index (χ3n) is 2.60. The first kappa shape index (κ1) is 13.6. The van der Waals surface area contributed by atoms with Crippen molar-refractivity contribution in [1.82, 2.24) is 0 Å². The Morgan fingerprint density at radius 2 is 2.18 bits per heavy atom. The van der Waals surface area contributed by atoms with Crippen molar-refractivity contribution in [2.75, 3.05) is 32.2 Å². The van der Waals surface area contributed by atoms with Crippen LogP contribution in [0.2, 0.25) is 0 Å². The van der Waals surface area contributed by atoms with Gasteiger partial charge in [-0.3, -0.25) is 4.79 Å². The molecule has 0 aliphatic rings. The average Bonchev–Trinajstić information content (AvgIpc) is 2.28. The van der Waals surface area contributed by atoms with Gasteiger partial charge in [0.15, 0.2) is 5.78 Å². The van der Waals surface area contributed by atoms with E-state index in [4.69, 9.17) is 4.74 Å². The highest BCUT2D eigenvalue weighted by molar-refractivity contribution is 5.99. The van der Waals surface area contributed by atoms with Gasteiger partial charge in [-0.1, -0.05) is 6.07 Å². The molecule has 0 saturated carbocycles. The van der Waals surface area contributed by atoms with Gasteiger partial charge in [0.2, 0.25) is 0 Å². The number of hydrogen-bond acceptors (Lipinski definition) is 3. The lowest BCUT2D eigenvalue weighted by molar-refractivity contribution is 0.101. The number of methoxy groups -OCH3 is 1. The summed E-state index contributed by atoms with van der Waals surface area (Å²) in [5, 5.41) is 0. The number of Topliss-reactive ketones (excluding diaryl/α,β-unsaturated/α-hetero) is 1. The van der Waals surface area contributed by atoms with Crippen LogP contribution in [0.4, 0.5) is 10.1 Å². The van der Waals surface area contributed by atoms with Crippen molar-refractivity contribution in [3.05, 3.63) is 29.6 Å². The molecule has 0 heterocycles. The fourth-order valence-corrected chi connectivity index (χ4v) is 1.75. The first-order chi connectivity index (χ1) is 8.07. The fourth-order valence-electron chi connectivity index (χ4n) is 1.75. The largest absolute Gasteiger partial charge is 0.385 e. The molecular formula is C13H18FNO2. The molecule has 0 N–H and O–H groups in total. The number of hydrogen-bond donors (Lipinski definition) is 0. The quantitative estimate of drug-likeness (QED) is 0.564. The molecule has 0 aromatic heterocycles. The van der Waals surface area contributed by atoms with Crippen LogP contribution >= 0.6 is 0 Å². The lowest BCUT2D eigenvalue weighted by Crippen LogP contribution is -2.22. The fraction of sp³-hybridized carbons (Fsp3) is 0.462. The van der Waals surface area contributed by atoms with Gasteiger partial charge in [-0.2, -0.15) is 0 Å². The number of anilines is 1. The summed E-state index contributed by atoms with van der Waals surface area (Å²) in [5.41, 5.74) is 0.793. The van der Waals surface area contributed by atoms with E-state index < -0.39 is 5.82 Å². The van der Waals surface area contributed by atoms with Crippen LogP contribution in [0.25, 0.3) is 0 Å². The molecule has 1 aromatic carbocycles.